The van der Waals surface area contributed by atoms with Gasteiger partial charge in [-0.1, -0.05) is 0 Å². The monoisotopic (exact) mass is 361 g/mol. The first-order valence-corrected chi connectivity index (χ1v) is 8.92. The average molecular weight is 361 g/mol. The Morgan fingerprint density at radius 3 is 2.84 bits per heavy atom. The van der Waals surface area contributed by atoms with Crippen LogP contribution >= 0.6 is 11.3 Å². The molecule has 132 valence electrons. The molecule has 2 aliphatic heterocycles. The van der Waals surface area contributed by atoms with Crippen LogP contribution in [0.5, 0.6) is 11.5 Å². The lowest BCUT2D eigenvalue weighted by Gasteiger charge is -2.32. The highest BCUT2D eigenvalue weighted by Crippen LogP contribution is 2.35. The molecule has 4 rings (SSSR count). The van der Waals surface area contributed by atoms with Gasteiger partial charge in [0, 0.05) is 43.3 Å². The highest BCUT2D eigenvalue weighted by atomic mass is 32.1. The third-order valence-electron chi connectivity index (χ3n) is 4.12. The Labute approximate surface area is 149 Å². The first kappa shape index (κ1) is 16.1. The van der Waals surface area contributed by atoms with E-state index in [1.165, 1.54) is 11.3 Å². The molecule has 1 amide bonds. The molecule has 8 nitrogen and oxygen atoms in total. The fourth-order valence-electron chi connectivity index (χ4n) is 2.65. The number of aromatic nitrogens is 1. The number of carbonyl (C=O) groups is 1. The minimum atomic E-state index is -0.181. The van der Waals surface area contributed by atoms with Gasteiger partial charge in [-0.15, -0.1) is 11.3 Å². The van der Waals surface area contributed by atoms with Crippen LogP contribution in [0.2, 0.25) is 0 Å². The Hall–Kier alpha value is -2.36. The molecule has 0 radical (unpaired) electrons. The van der Waals surface area contributed by atoms with E-state index in [0.717, 1.165) is 37.6 Å². The molecule has 3 heterocycles. The maximum absolute atomic E-state index is 12.3. The Morgan fingerprint density at radius 1 is 1.20 bits per heavy atom. The third-order valence-corrected chi connectivity index (χ3v) is 4.88. The quantitative estimate of drug-likeness (QED) is 0.854. The van der Waals surface area contributed by atoms with Gasteiger partial charge in [0.1, 0.15) is 5.69 Å². The number of nitrogens with one attached hydrogen (secondary N) is 2. The lowest BCUT2D eigenvalue weighted by atomic mass is 10.3. The van der Waals surface area contributed by atoms with Crippen molar-refractivity contribution in [1.82, 2.24) is 20.3 Å². The first-order chi connectivity index (χ1) is 12.2. The van der Waals surface area contributed by atoms with Crippen LogP contribution in [0, 0.1) is 0 Å². The molecular formula is C16H19N5O3S. The molecule has 2 aromatic rings. The summed E-state index contributed by atoms with van der Waals surface area (Å²) in [5, 5.41) is 7.53. The Balaban J connectivity index is 1.37. The number of thiazole rings is 1. The second kappa shape index (κ2) is 6.87. The van der Waals surface area contributed by atoms with Crippen LogP contribution in [0.25, 0.3) is 0 Å². The number of likely N-dealkylation sites (N-methyl/N-ethyl adjacent to an activating group) is 1. The molecule has 25 heavy (non-hydrogen) atoms. The van der Waals surface area contributed by atoms with Gasteiger partial charge in [-0.3, -0.25) is 10.2 Å². The number of fused-ring (bicyclic) bond motifs is 1. The van der Waals surface area contributed by atoms with Gasteiger partial charge >= 0.3 is 0 Å². The summed E-state index contributed by atoms with van der Waals surface area (Å²) in [6.45, 7) is 3.75. The van der Waals surface area contributed by atoms with Gasteiger partial charge in [0.2, 0.25) is 6.79 Å². The SMILES string of the molecule is CN1CCN(NC(=O)c2csc(Nc3ccc4c(c3)OCO4)n2)CC1. The summed E-state index contributed by atoms with van der Waals surface area (Å²) in [7, 11) is 2.08. The predicted octanol–water partition coefficient (Wildman–Crippen LogP) is 1.51. The fourth-order valence-corrected chi connectivity index (χ4v) is 3.36. The lowest BCUT2D eigenvalue weighted by molar-refractivity contribution is 0.0658. The van der Waals surface area contributed by atoms with Crippen molar-refractivity contribution in [3.8, 4) is 11.5 Å². The van der Waals surface area contributed by atoms with Crippen LogP contribution in [0.15, 0.2) is 23.6 Å². The number of hydrazine groups is 1. The van der Waals surface area contributed by atoms with Gasteiger partial charge < -0.3 is 19.7 Å². The van der Waals surface area contributed by atoms with Crippen LogP contribution < -0.4 is 20.2 Å². The minimum Gasteiger partial charge on any atom is -0.454 e. The molecule has 0 unspecified atom stereocenters. The molecule has 2 N–H and O–H groups in total. The van der Waals surface area contributed by atoms with E-state index < -0.39 is 0 Å². The van der Waals surface area contributed by atoms with Crippen molar-refractivity contribution >= 4 is 28.1 Å². The standard InChI is InChI=1S/C16H19N5O3S/c1-20-4-6-21(7-5-20)19-15(22)12-9-25-16(18-12)17-11-2-3-13-14(8-11)24-10-23-13/h2-3,8-9H,4-7,10H2,1H3,(H,17,18)(H,19,22). The maximum atomic E-state index is 12.3. The number of ether oxygens (including phenoxy) is 2. The molecular weight excluding hydrogens is 342 g/mol. The Kier molecular flexibility index (Phi) is 4.43. The number of rotatable bonds is 4. The smallest absolute Gasteiger partial charge is 0.285 e. The van der Waals surface area contributed by atoms with Crippen molar-refractivity contribution in [2.24, 2.45) is 0 Å². The molecule has 1 saturated heterocycles. The van der Waals surface area contributed by atoms with Gasteiger partial charge in [0.25, 0.3) is 5.91 Å². The Morgan fingerprint density at radius 2 is 2.00 bits per heavy atom. The van der Waals surface area contributed by atoms with Crippen molar-refractivity contribution in [2.45, 2.75) is 0 Å². The molecule has 9 heteroatoms. The zero-order valence-corrected chi connectivity index (χ0v) is 14.6. The van der Waals surface area contributed by atoms with Crippen LogP contribution in [0.3, 0.4) is 0 Å². The van der Waals surface area contributed by atoms with E-state index in [9.17, 15) is 4.79 Å². The van der Waals surface area contributed by atoms with Crippen molar-refractivity contribution in [2.75, 3.05) is 45.3 Å². The van der Waals surface area contributed by atoms with Gasteiger partial charge in [-0.05, 0) is 19.2 Å². The molecule has 0 bridgehead atoms. The Bertz CT molecular complexity index is 773. The van der Waals surface area contributed by atoms with Gasteiger partial charge in [0.05, 0.1) is 0 Å². The first-order valence-electron chi connectivity index (χ1n) is 8.04. The number of hydrogen-bond acceptors (Lipinski definition) is 8. The summed E-state index contributed by atoms with van der Waals surface area (Å²) in [4.78, 5) is 18.9. The topological polar surface area (TPSA) is 79.0 Å². The maximum Gasteiger partial charge on any atom is 0.285 e. The number of carbonyl (C=O) groups excluding carboxylic acids is 1. The molecule has 0 spiro atoms. The van der Waals surface area contributed by atoms with E-state index in [4.69, 9.17) is 9.47 Å². The molecule has 1 aromatic heterocycles. The van der Waals surface area contributed by atoms with E-state index >= 15 is 0 Å². The lowest BCUT2D eigenvalue weighted by Crippen LogP contribution is -2.52. The predicted molar refractivity (Wildman–Crippen MR) is 94.5 cm³/mol. The van der Waals surface area contributed by atoms with Crippen molar-refractivity contribution in [3.63, 3.8) is 0 Å². The van der Waals surface area contributed by atoms with Crippen LogP contribution in [-0.2, 0) is 0 Å². The third kappa shape index (κ3) is 3.68. The summed E-state index contributed by atoms with van der Waals surface area (Å²) in [5.41, 5.74) is 4.16. The summed E-state index contributed by atoms with van der Waals surface area (Å²) < 4.78 is 10.7. The summed E-state index contributed by atoms with van der Waals surface area (Å²) in [6.07, 6.45) is 0. The van der Waals surface area contributed by atoms with Crippen molar-refractivity contribution < 1.29 is 14.3 Å². The van der Waals surface area contributed by atoms with E-state index in [1.54, 1.807) is 5.38 Å². The molecule has 1 fully saturated rings. The molecule has 0 atom stereocenters. The fraction of sp³-hybridized carbons (Fsp3) is 0.375. The number of nitrogens with zero attached hydrogens (tertiary/aromatic N) is 3. The molecule has 2 aliphatic rings. The number of hydrogen-bond donors (Lipinski definition) is 2. The van der Waals surface area contributed by atoms with E-state index in [2.05, 4.69) is 27.7 Å². The molecule has 0 aliphatic carbocycles. The zero-order valence-electron chi connectivity index (χ0n) is 13.8. The van der Waals surface area contributed by atoms with E-state index in [1.807, 2.05) is 23.2 Å². The molecule has 0 saturated carbocycles. The number of anilines is 2. The van der Waals surface area contributed by atoms with E-state index in [0.29, 0.717) is 16.6 Å². The molecule has 1 aromatic carbocycles. The minimum absolute atomic E-state index is 0.181. The zero-order chi connectivity index (χ0) is 17.2. The van der Waals surface area contributed by atoms with Crippen LogP contribution in [0.1, 0.15) is 10.5 Å². The van der Waals surface area contributed by atoms with E-state index in [-0.39, 0.29) is 12.7 Å². The summed E-state index contributed by atoms with van der Waals surface area (Å²) in [6, 6.07) is 5.59. The second-order valence-corrected chi connectivity index (χ2v) is 6.82. The highest BCUT2D eigenvalue weighted by molar-refractivity contribution is 7.14. The average Bonchev–Trinajstić information content (AvgIpc) is 3.26. The summed E-state index contributed by atoms with van der Waals surface area (Å²) in [5.74, 6) is 1.26. The van der Waals surface area contributed by atoms with Crippen LogP contribution in [-0.4, -0.2) is 60.8 Å². The number of benzene rings is 1. The summed E-state index contributed by atoms with van der Waals surface area (Å²) >= 11 is 1.39. The van der Waals surface area contributed by atoms with Crippen molar-refractivity contribution in [3.05, 3.63) is 29.3 Å². The van der Waals surface area contributed by atoms with Gasteiger partial charge in [-0.25, -0.2) is 9.99 Å². The second-order valence-electron chi connectivity index (χ2n) is 5.96. The van der Waals surface area contributed by atoms with Crippen LogP contribution in [0.4, 0.5) is 10.8 Å². The highest BCUT2D eigenvalue weighted by Gasteiger charge is 2.19. The van der Waals surface area contributed by atoms with Gasteiger partial charge in [0.15, 0.2) is 16.6 Å². The van der Waals surface area contributed by atoms with Crippen molar-refractivity contribution in [1.29, 1.82) is 0 Å². The number of piperazine rings is 1. The van der Waals surface area contributed by atoms with Gasteiger partial charge in [-0.2, -0.15) is 0 Å². The number of amides is 1. The largest absolute Gasteiger partial charge is 0.454 e. The normalized spacial score (nSPS) is 17.5.